The topological polar surface area (TPSA) is 51.3 Å². The monoisotopic (exact) mass is 365 g/mol. The van der Waals surface area contributed by atoms with Crippen LogP contribution in [0.15, 0.2) is 41.1 Å². The molecule has 0 unspecified atom stereocenters. The van der Waals surface area contributed by atoms with Gasteiger partial charge in [-0.2, -0.15) is 0 Å². The van der Waals surface area contributed by atoms with Gasteiger partial charge in [-0.25, -0.2) is 4.98 Å². The number of likely N-dealkylation sites (tertiary alicyclic amines) is 1. The molecule has 0 spiro atoms. The van der Waals surface area contributed by atoms with Crippen molar-refractivity contribution in [3.8, 4) is 0 Å². The van der Waals surface area contributed by atoms with Crippen molar-refractivity contribution >= 4 is 16.9 Å². The molecular formula is C22H27N3O2. The molecule has 2 aromatic heterocycles. The second kappa shape index (κ2) is 7.59. The molecule has 0 aliphatic carbocycles. The van der Waals surface area contributed by atoms with Gasteiger partial charge in [-0.3, -0.25) is 4.79 Å². The highest BCUT2D eigenvalue weighted by Crippen LogP contribution is 2.28. The third-order valence-electron chi connectivity index (χ3n) is 5.46. The van der Waals surface area contributed by atoms with Crippen molar-refractivity contribution in [2.24, 2.45) is 0 Å². The molecule has 4 rings (SSSR count). The quantitative estimate of drug-likeness (QED) is 0.655. The Balaban J connectivity index is 1.51. The van der Waals surface area contributed by atoms with Crippen LogP contribution in [0.1, 0.15) is 60.5 Å². The van der Waals surface area contributed by atoms with Crippen LogP contribution in [-0.4, -0.2) is 33.4 Å². The first-order valence-corrected chi connectivity index (χ1v) is 9.96. The maximum atomic E-state index is 13.1. The molecule has 1 atom stereocenters. The molecule has 1 fully saturated rings. The number of furan rings is 1. The van der Waals surface area contributed by atoms with Crippen LogP contribution in [0.5, 0.6) is 0 Å². The van der Waals surface area contributed by atoms with E-state index in [4.69, 9.17) is 4.42 Å². The number of aryl methyl sites for hydroxylation is 2. The van der Waals surface area contributed by atoms with Crippen LogP contribution in [0.4, 0.5) is 0 Å². The van der Waals surface area contributed by atoms with Gasteiger partial charge in [-0.1, -0.05) is 13.3 Å². The zero-order valence-electron chi connectivity index (χ0n) is 16.1. The zero-order chi connectivity index (χ0) is 18.8. The van der Waals surface area contributed by atoms with Crippen LogP contribution in [-0.2, 0) is 6.54 Å². The lowest BCUT2D eigenvalue weighted by molar-refractivity contribution is 0.0703. The lowest BCUT2D eigenvalue weighted by Crippen LogP contribution is -2.39. The second-order valence-electron chi connectivity index (χ2n) is 7.53. The van der Waals surface area contributed by atoms with E-state index in [1.54, 1.807) is 0 Å². The number of carbonyl (C=O) groups excluding carboxylic acids is 1. The standard InChI is InChI=1S/C22H27N3O2/c1-3-4-10-24-12-9-23-21(24)18-6-5-11-25(15-18)22(26)17-7-8-20-19(14-17)13-16(2)27-20/h7-9,12-14,18H,3-6,10-11,15H2,1-2H3/t18-/m1/s1. The van der Waals surface area contributed by atoms with Crippen molar-refractivity contribution in [2.45, 2.75) is 52.0 Å². The van der Waals surface area contributed by atoms with Gasteiger partial charge in [-0.15, -0.1) is 0 Å². The van der Waals surface area contributed by atoms with E-state index in [-0.39, 0.29) is 5.91 Å². The molecular weight excluding hydrogens is 338 g/mol. The van der Waals surface area contributed by atoms with Crippen LogP contribution in [0.3, 0.4) is 0 Å². The molecule has 0 N–H and O–H groups in total. The molecule has 142 valence electrons. The van der Waals surface area contributed by atoms with Crippen molar-refractivity contribution in [3.05, 3.63) is 53.8 Å². The molecule has 1 aromatic carbocycles. The molecule has 0 saturated carbocycles. The fourth-order valence-electron chi connectivity index (χ4n) is 4.06. The van der Waals surface area contributed by atoms with E-state index in [1.165, 1.54) is 6.42 Å². The number of unbranched alkanes of at least 4 members (excludes halogenated alkanes) is 1. The van der Waals surface area contributed by atoms with E-state index >= 15 is 0 Å². The van der Waals surface area contributed by atoms with Crippen LogP contribution in [0.25, 0.3) is 11.0 Å². The number of amides is 1. The second-order valence-corrected chi connectivity index (χ2v) is 7.53. The lowest BCUT2D eigenvalue weighted by atomic mass is 9.96. The van der Waals surface area contributed by atoms with Gasteiger partial charge in [0.25, 0.3) is 5.91 Å². The van der Waals surface area contributed by atoms with E-state index in [1.807, 2.05) is 42.3 Å². The van der Waals surface area contributed by atoms with E-state index < -0.39 is 0 Å². The summed E-state index contributed by atoms with van der Waals surface area (Å²) >= 11 is 0. The number of piperidine rings is 1. The highest BCUT2D eigenvalue weighted by Gasteiger charge is 2.28. The molecule has 0 radical (unpaired) electrons. The van der Waals surface area contributed by atoms with Crippen molar-refractivity contribution < 1.29 is 9.21 Å². The Hall–Kier alpha value is -2.56. The van der Waals surface area contributed by atoms with Gasteiger partial charge >= 0.3 is 0 Å². The molecule has 1 amide bonds. The summed E-state index contributed by atoms with van der Waals surface area (Å²) < 4.78 is 7.89. The smallest absolute Gasteiger partial charge is 0.253 e. The maximum Gasteiger partial charge on any atom is 0.253 e. The van der Waals surface area contributed by atoms with Gasteiger partial charge in [0.1, 0.15) is 17.2 Å². The Bertz CT molecular complexity index is 940. The first-order chi connectivity index (χ1) is 13.2. The predicted molar refractivity (Wildman–Crippen MR) is 106 cm³/mol. The van der Waals surface area contributed by atoms with Crippen molar-refractivity contribution in [3.63, 3.8) is 0 Å². The highest BCUT2D eigenvalue weighted by molar-refractivity contribution is 5.98. The summed E-state index contributed by atoms with van der Waals surface area (Å²) in [7, 11) is 0. The van der Waals surface area contributed by atoms with Crippen molar-refractivity contribution in [1.29, 1.82) is 0 Å². The summed E-state index contributed by atoms with van der Waals surface area (Å²) in [5.74, 6) is 2.41. The van der Waals surface area contributed by atoms with E-state index in [9.17, 15) is 4.79 Å². The van der Waals surface area contributed by atoms with Gasteiger partial charge in [0, 0.05) is 48.9 Å². The summed E-state index contributed by atoms with van der Waals surface area (Å²) in [6.45, 7) is 6.69. The van der Waals surface area contributed by atoms with Crippen LogP contribution in [0, 0.1) is 6.92 Å². The van der Waals surface area contributed by atoms with Crippen LogP contribution in [0.2, 0.25) is 0 Å². The minimum atomic E-state index is 0.104. The lowest BCUT2D eigenvalue weighted by Gasteiger charge is -2.32. The molecule has 5 nitrogen and oxygen atoms in total. The minimum absolute atomic E-state index is 0.104. The number of aromatic nitrogens is 2. The number of nitrogens with zero attached hydrogens (tertiary/aromatic N) is 3. The summed E-state index contributed by atoms with van der Waals surface area (Å²) in [5.41, 5.74) is 1.57. The average molecular weight is 365 g/mol. The number of benzene rings is 1. The Morgan fingerprint density at radius 2 is 2.22 bits per heavy atom. The van der Waals surface area contributed by atoms with Gasteiger partial charge in [0.15, 0.2) is 0 Å². The number of hydrogen-bond donors (Lipinski definition) is 0. The molecule has 1 aliphatic rings. The fraction of sp³-hybridized carbons (Fsp3) is 0.455. The van der Waals surface area contributed by atoms with Gasteiger partial charge in [0.2, 0.25) is 0 Å². The van der Waals surface area contributed by atoms with Crippen molar-refractivity contribution in [2.75, 3.05) is 13.1 Å². The Kier molecular flexibility index (Phi) is 5.01. The van der Waals surface area contributed by atoms with Gasteiger partial charge in [-0.05, 0) is 50.5 Å². The largest absolute Gasteiger partial charge is 0.461 e. The fourth-order valence-corrected chi connectivity index (χ4v) is 4.06. The summed E-state index contributed by atoms with van der Waals surface area (Å²) in [6.07, 6.45) is 8.39. The van der Waals surface area contributed by atoms with Gasteiger partial charge in [0.05, 0.1) is 0 Å². The highest BCUT2D eigenvalue weighted by atomic mass is 16.3. The van der Waals surface area contributed by atoms with E-state index in [2.05, 4.69) is 22.7 Å². The zero-order valence-corrected chi connectivity index (χ0v) is 16.1. The minimum Gasteiger partial charge on any atom is -0.461 e. The number of carbonyl (C=O) groups is 1. The first-order valence-electron chi connectivity index (χ1n) is 9.96. The SMILES string of the molecule is CCCCn1ccnc1[C@@H]1CCCN(C(=O)c2ccc3oc(C)cc3c2)C1. The van der Waals surface area contributed by atoms with Crippen LogP contribution < -0.4 is 0 Å². The Morgan fingerprint density at radius 1 is 1.33 bits per heavy atom. The summed E-state index contributed by atoms with van der Waals surface area (Å²) in [4.78, 5) is 19.7. The maximum absolute atomic E-state index is 13.1. The Morgan fingerprint density at radius 3 is 3.07 bits per heavy atom. The van der Waals surface area contributed by atoms with Gasteiger partial charge < -0.3 is 13.9 Å². The Labute approximate surface area is 160 Å². The molecule has 1 saturated heterocycles. The first kappa shape index (κ1) is 17.8. The average Bonchev–Trinajstić information content (AvgIpc) is 3.30. The predicted octanol–water partition coefficient (Wildman–Crippen LogP) is 4.76. The molecule has 3 aromatic rings. The van der Waals surface area contributed by atoms with E-state index in [0.717, 1.165) is 67.0 Å². The third kappa shape index (κ3) is 3.64. The van der Waals surface area contributed by atoms with Crippen molar-refractivity contribution in [1.82, 2.24) is 14.5 Å². The number of fused-ring (bicyclic) bond motifs is 1. The third-order valence-corrected chi connectivity index (χ3v) is 5.46. The molecule has 3 heterocycles. The number of hydrogen-bond acceptors (Lipinski definition) is 3. The summed E-state index contributed by atoms with van der Waals surface area (Å²) in [5, 5.41) is 0.988. The van der Waals surface area contributed by atoms with E-state index in [0.29, 0.717) is 5.92 Å². The molecule has 5 heteroatoms. The summed E-state index contributed by atoms with van der Waals surface area (Å²) in [6, 6.07) is 7.70. The number of rotatable bonds is 5. The molecule has 27 heavy (non-hydrogen) atoms. The van der Waals surface area contributed by atoms with Crippen LogP contribution >= 0.6 is 0 Å². The molecule has 0 bridgehead atoms. The normalized spacial score (nSPS) is 17.6. The number of imidazole rings is 1. The molecule has 1 aliphatic heterocycles.